The van der Waals surface area contributed by atoms with Crippen LogP contribution in [0.25, 0.3) is 0 Å². The number of hydrogen-bond acceptors (Lipinski definition) is 4. The average Bonchev–Trinajstić information content (AvgIpc) is 2.58. The summed E-state index contributed by atoms with van der Waals surface area (Å²) >= 11 is 0. The first-order valence-electron chi connectivity index (χ1n) is 8.76. The zero-order valence-electron chi connectivity index (χ0n) is 15.7. The van der Waals surface area contributed by atoms with Crippen LogP contribution in [0.1, 0.15) is 33.3 Å². The molecular formula is C19H29N3O4. The maximum Gasteiger partial charge on any atom is 0.326 e. The molecule has 26 heavy (non-hydrogen) atoms. The summed E-state index contributed by atoms with van der Waals surface area (Å²) < 4.78 is 0. The molecule has 0 aliphatic rings. The lowest BCUT2D eigenvalue weighted by molar-refractivity contribution is -0.142. The molecule has 0 aromatic heterocycles. The van der Waals surface area contributed by atoms with Gasteiger partial charge in [-0.15, -0.1) is 0 Å². The van der Waals surface area contributed by atoms with Gasteiger partial charge in [0.15, 0.2) is 0 Å². The fourth-order valence-electron chi connectivity index (χ4n) is 2.40. The van der Waals surface area contributed by atoms with Crippen molar-refractivity contribution in [3.05, 3.63) is 35.9 Å². The van der Waals surface area contributed by atoms with Crippen molar-refractivity contribution in [2.75, 3.05) is 0 Å². The van der Waals surface area contributed by atoms with Gasteiger partial charge in [-0.2, -0.15) is 0 Å². The number of hydrogen-bond donors (Lipinski definition) is 4. The van der Waals surface area contributed by atoms with E-state index in [2.05, 4.69) is 10.6 Å². The van der Waals surface area contributed by atoms with Crippen molar-refractivity contribution < 1.29 is 19.5 Å². The van der Waals surface area contributed by atoms with E-state index < -0.39 is 35.9 Å². The van der Waals surface area contributed by atoms with Gasteiger partial charge in [0.05, 0.1) is 6.04 Å². The van der Waals surface area contributed by atoms with Gasteiger partial charge in [0.1, 0.15) is 12.1 Å². The topological polar surface area (TPSA) is 122 Å². The maximum absolute atomic E-state index is 12.6. The number of aliphatic carboxylic acids is 1. The largest absolute Gasteiger partial charge is 0.480 e. The molecule has 0 radical (unpaired) electrons. The molecule has 1 rings (SSSR count). The van der Waals surface area contributed by atoms with Crippen LogP contribution < -0.4 is 16.4 Å². The molecule has 2 amide bonds. The number of carbonyl (C=O) groups excluding carboxylic acids is 2. The molecule has 0 aliphatic heterocycles. The number of carboxylic acids is 1. The van der Waals surface area contributed by atoms with Gasteiger partial charge in [-0.25, -0.2) is 4.79 Å². The SMILES string of the molecule is CC(C)[C@H](N)C(=O)N[C@@H](C(=O)N[C@@H](Cc1ccccc1)C(=O)O)C(C)C. The van der Waals surface area contributed by atoms with Crippen LogP contribution in [0.4, 0.5) is 0 Å². The zero-order valence-corrected chi connectivity index (χ0v) is 15.7. The lowest BCUT2D eigenvalue weighted by Crippen LogP contribution is -2.57. The van der Waals surface area contributed by atoms with Crippen molar-refractivity contribution in [3.63, 3.8) is 0 Å². The van der Waals surface area contributed by atoms with E-state index in [-0.39, 0.29) is 18.3 Å². The van der Waals surface area contributed by atoms with Gasteiger partial charge in [0.25, 0.3) is 0 Å². The van der Waals surface area contributed by atoms with Crippen molar-refractivity contribution in [2.24, 2.45) is 17.6 Å². The molecule has 0 heterocycles. The molecule has 0 bridgehead atoms. The number of amides is 2. The Morgan fingerprint density at radius 1 is 0.962 bits per heavy atom. The molecule has 7 nitrogen and oxygen atoms in total. The zero-order chi connectivity index (χ0) is 19.9. The third-order valence-corrected chi connectivity index (χ3v) is 4.17. The Balaban J connectivity index is 2.83. The Kier molecular flexibility index (Phi) is 8.25. The lowest BCUT2D eigenvalue weighted by atomic mass is 9.99. The highest BCUT2D eigenvalue weighted by Gasteiger charge is 2.30. The minimum atomic E-state index is -1.13. The van der Waals surface area contributed by atoms with E-state index in [9.17, 15) is 19.5 Å². The molecule has 1 aromatic carbocycles. The van der Waals surface area contributed by atoms with Crippen LogP contribution in [-0.4, -0.2) is 41.0 Å². The van der Waals surface area contributed by atoms with E-state index in [0.29, 0.717) is 0 Å². The fraction of sp³-hybridized carbons (Fsp3) is 0.526. The monoisotopic (exact) mass is 363 g/mol. The fourth-order valence-corrected chi connectivity index (χ4v) is 2.40. The average molecular weight is 363 g/mol. The molecule has 7 heteroatoms. The number of carboxylic acid groups (broad SMARTS) is 1. The van der Waals surface area contributed by atoms with E-state index in [0.717, 1.165) is 5.56 Å². The van der Waals surface area contributed by atoms with Crippen molar-refractivity contribution in [2.45, 2.75) is 52.2 Å². The molecular weight excluding hydrogens is 334 g/mol. The standard InChI is InChI=1S/C19H29N3O4/c1-11(2)15(20)17(23)22-16(12(3)4)18(24)21-14(19(25)26)10-13-8-6-5-7-9-13/h5-9,11-12,14-16H,10,20H2,1-4H3,(H,21,24)(H,22,23)(H,25,26)/t14-,15-,16+/m0/s1. The molecule has 0 spiro atoms. The van der Waals surface area contributed by atoms with Gasteiger partial charge in [0.2, 0.25) is 11.8 Å². The van der Waals surface area contributed by atoms with Crippen LogP contribution in [0.15, 0.2) is 30.3 Å². The number of rotatable bonds is 9. The molecule has 0 unspecified atom stereocenters. The summed E-state index contributed by atoms with van der Waals surface area (Å²) in [6.45, 7) is 7.18. The van der Waals surface area contributed by atoms with Crippen molar-refractivity contribution >= 4 is 17.8 Å². The van der Waals surface area contributed by atoms with Gasteiger partial charge < -0.3 is 21.5 Å². The van der Waals surface area contributed by atoms with E-state index in [1.165, 1.54) is 0 Å². The summed E-state index contributed by atoms with van der Waals surface area (Å²) in [5, 5.41) is 14.6. The third kappa shape index (κ3) is 6.48. The second-order valence-corrected chi connectivity index (χ2v) is 7.09. The van der Waals surface area contributed by atoms with Crippen molar-refractivity contribution in [3.8, 4) is 0 Å². The van der Waals surface area contributed by atoms with E-state index in [1.807, 2.05) is 19.9 Å². The second kappa shape index (κ2) is 9.91. The molecule has 3 atom stereocenters. The Bertz CT molecular complexity index is 616. The predicted octanol–water partition coefficient (Wildman–Crippen LogP) is 0.923. The van der Waals surface area contributed by atoms with Gasteiger partial charge in [-0.05, 0) is 17.4 Å². The summed E-state index contributed by atoms with van der Waals surface area (Å²) in [5.41, 5.74) is 6.62. The second-order valence-electron chi connectivity index (χ2n) is 7.09. The predicted molar refractivity (Wildman–Crippen MR) is 99.3 cm³/mol. The van der Waals surface area contributed by atoms with Crippen LogP contribution in [0.5, 0.6) is 0 Å². The first-order chi connectivity index (χ1) is 12.1. The van der Waals surface area contributed by atoms with Crippen molar-refractivity contribution in [1.82, 2.24) is 10.6 Å². The molecule has 0 saturated carbocycles. The summed E-state index contributed by atoms with van der Waals surface area (Å²) in [6, 6.07) is 6.37. The summed E-state index contributed by atoms with van der Waals surface area (Å²) in [7, 11) is 0. The molecule has 0 aliphatic carbocycles. The highest BCUT2D eigenvalue weighted by Crippen LogP contribution is 2.08. The number of benzene rings is 1. The Hall–Kier alpha value is -2.41. The van der Waals surface area contributed by atoms with Gasteiger partial charge in [0, 0.05) is 6.42 Å². The van der Waals surface area contributed by atoms with Crippen LogP contribution in [0, 0.1) is 11.8 Å². The molecule has 0 saturated heterocycles. The summed E-state index contributed by atoms with van der Waals surface area (Å²) in [4.78, 5) is 36.3. The first-order valence-corrected chi connectivity index (χ1v) is 8.76. The van der Waals surface area contributed by atoms with Crippen LogP contribution in [-0.2, 0) is 20.8 Å². The smallest absolute Gasteiger partial charge is 0.326 e. The first kappa shape index (κ1) is 21.6. The van der Waals surface area contributed by atoms with Gasteiger partial charge >= 0.3 is 5.97 Å². The molecule has 0 fully saturated rings. The van der Waals surface area contributed by atoms with Crippen LogP contribution >= 0.6 is 0 Å². The summed E-state index contributed by atoms with van der Waals surface area (Å²) in [5.74, 6) is -2.38. The van der Waals surface area contributed by atoms with Gasteiger partial charge in [-0.1, -0.05) is 58.0 Å². The highest BCUT2D eigenvalue weighted by molar-refractivity contribution is 5.92. The third-order valence-electron chi connectivity index (χ3n) is 4.17. The lowest BCUT2D eigenvalue weighted by Gasteiger charge is -2.26. The number of nitrogens with one attached hydrogen (secondary N) is 2. The van der Waals surface area contributed by atoms with Crippen molar-refractivity contribution in [1.29, 1.82) is 0 Å². The molecule has 5 N–H and O–H groups in total. The Labute approximate surface area is 154 Å². The van der Waals surface area contributed by atoms with E-state index >= 15 is 0 Å². The molecule has 1 aromatic rings. The normalized spacial score (nSPS) is 14.6. The molecule has 144 valence electrons. The Morgan fingerprint density at radius 3 is 2.00 bits per heavy atom. The number of carbonyl (C=O) groups is 3. The van der Waals surface area contributed by atoms with E-state index in [1.54, 1.807) is 38.1 Å². The summed E-state index contributed by atoms with van der Waals surface area (Å²) in [6.07, 6.45) is 0.159. The minimum Gasteiger partial charge on any atom is -0.480 e. The van der Waals surface area contributed by atoms with Crippen LogP contribution in [0.3, 0.4) is 0 Å². The maximum atomic E-state index is 12.6. The minimum absolute atomic E-state index is 0.0734. The Morgan fingerprint density at radius 2 is 1.54 bits per heavy atom. The van der Waals surface area contributed by atoms with Gasteiger partial charge in [-0.3, -0.25) is 9.59 Å². The van der Waals surface area contributed by atoms with E-state index in [4.69, 9.17) is 5.73 Å². The highest BCUT2D eigenvalue weighted by atomic mass is 16.4. The van der Waals surface area contributed by atoms with Crippen LogP contribution in [0.2, 0.25) is 0 Å². The number of nitrogens with two attached hydrogens (primary N) is 1. The quantitative estimate of drug-likeness (QED) is 0.520.